The first-order valence-corrected chi connectivity index (χ1v) is 6.98. The van der Waals surface area contributed by atoms with E-state index < -0.39 is 12.7 Å². The molecule has 1 amide bonds. The number of pyridine rings is 1. The van der Waals surface area contributed by atoms with Crippen LogP contribution < -0.4 is 4.74 Å². The van der Waals surface area contributed by atoms with Crippen LogP contribution in [0.4, 0.5) is 13.2 Å². The topological polar surface area (TPSA) is 45.7 Å². The van der Waals surface area contributed by atoms with Gasteiger partial charge in [0.2, 0.25) is 5.88 Å². The molecule has 22 heavy (non-hydrogen) atoms. The predicted molar refractivity (Wildman–Crippen MR) is 73.8 cm³/mol. The van der Waals surface area contributed by atoms with Gasteiger partial charge in [0.15, 0.2) is 0 Å². The minimum Gasteiger partial charge on any atom is -0.480 e. The molecule has 0 saturated carbocycles. The Kier molecular flexibility index (Phi) is 5.23. The normalized spacial score (nSPS) is 17.2. The fraction of sp³-hybridized carbons (Fsp3) is 0.571. The molecule has 1 aliphatic heterocycles. The van der Waals surface area contributed by atoms with Crippen LogP contribution in [0.5, 0.6) is 5.88 Å². The van der Waals surface area contributed by atoms with Crippen LogP contribution in [-0.2, 0) is 0 Å². The Balaban J connectivity index is 2.03. The van der Waals surface area contributed by atoms with Crippen molar-refractivity contribution in [3.8, 4) is 5.88 Å². The molecular weight excluding hydrogens is 299 g/mol. The van der Waals surface area contributed by atoms with Crippen LogP contribution in [0.3, 0.4) is 0 Å². The van der Waals surface area contributed by atoms with Crippen molar-refractivity contribution >= 4 is 5.91 Å². The van der Waals surface area contributed by atoms with E-state index in [1.807, 2.05) is 0 Å². The number of carbonyl (C=O) groups excluding carboxylic acids is 1. The SMILES string of the molecule is COc1ncccc1C(=O)N1CCCN(CC(F)(F)F)CC1. The zero-order chi connectivity index (χ0) is 16.2. The Labute approximate surface area is 126 Å². The summed E-state index contributed by atoms with van der Waals surface area (Å²) in [6.45, 7) is 0.269. The number of amides is 1. The van der Waals surface area contributed by atoms with E-state index in [-0.39, 0.29) is 24.9 Å². The lowest BCUT2D eigenvalue weighted by Gasteiger charge is -2.23. The second kappa shape index (κ2) is 6.95. The average molecular weight is 317 g/mol. The Morgan fingerprint density at radius 2 is 2.09 bits per heavy atom. The number of nitrogens with zero attached hydrogens (tertiary/aromatic N) is 3. The Bertz CT molecular complexity index is 522. The molecule has 0 bridgehead atoms. The smallest absolute Gasteiger partial charge is 0.401 e. The Morgan fingerprint density at radius 1 is 1.32 bits per heavy atom. The molecule has 1 saturated heterocycles. The first-order valence-electron chi connectivity index (χ1n) is 6.98. The van der Waals surface area contributed by atoms with Crippen LogP contribution in [-0.4, -0.2) is 66.7 Å². The summed E-state index contributed by atoms with van der Waals surface area (Å²) >= 11 is 0. The van der Waals surface area contributed by atoms with Crippen LogP contribution in [0.15, 0.2) is 18.3 Å². The summed E-state index contributed by atoms with van der Waals surface area (Å²) in [7, 11) is 1.42. The molecule has 1 aliphatic rings. The first kappa shape index (κ1) is 16.5. The van der Waals surface area contributed by atoms with Crippen LogP contribution in [0.1, 0.15) is 16.8 Å². The van der Waals surface area contributed by atoms with Gasteiger partial charge in [-0.15, -0.1) is 0 Å². The Hall–Kier alpha value is -1.83. The highest BCUT2D eigenvalue weighted by Crippen LogP contribution is 2.20. The van der Waals surface area contributed by atoms with Crippen molar-refractivity contribution < 1.29 is 22.7 Å². The lowest BCUT2D eigenvalue weighted by molar-refractivity contribution is -0.145. The molecule has 0 aromatic carbocycles. The molecular formula is C14H18F3N3O2. The molecule has 0 atom stereocenters. The standard InChI is InChI=1S/C14H18F3N3O2/c1-22-12-11(4-2-5-18-12)13(21)20-7-3-6-19(8-9-20)10-14(15,16)17/h2,4-5H,3,6-10H2,1H3. The zero-order valence-electron chi connectivity index (χ0n) is 12.3. The van der Waals surface area contributed by atoms with Gasteiger partial charge in [-0.1, -0.05) is 0 Å². The lowest BCUT2D eigenvalue weighted by Crippen LogP contribution is -2.38. The van der Waals surface area contributed by atoms with Gasteiger partial charge in [0, 0.05) is 32.4 Å². The van der Waals surface area contributed by atoms with Gasteiger partial charge in [0.25, 0.3) is 5.91 Å². The van der Waals surface area contributed by atoms with Gasteiger partial charge in [-0.3, -0.25) is 9.69 Å². The van der Waals surface area contributed by atoms with Gasteiger partial charge in [0.1, 0.15) is 5.56 Å². The van der Waals surface area contributed by atoms with Crippen molar-refractivity contribution in [1.82, 2.24) is 14.8 Å². The van der Waals surface area contributed by atoms with E-state index in [4.69, 9.17) is 4.74 Å². The first-order chi connectivity index (χ1) is 10.4. The van der Waals surface area contributed by atoms with Gasteiger partial charge in [0.05, 0.1) is 13.7 Å². The summed E-state index contributed by atoms with van der Waals surface area (Å²) in [4.78, 5) is 19.3. The van der Waals surface area contributed by atoms with Crippen molar-refractivity contribution in [1.29, 1.82) is 0 Å². The minimum absolute atomic E-state index is 0.202. The summed E-state index contributed by atoms with van der Waals surface area (Å²) in [5.74, 6) is -0.0392. The minimum atomic E-state index is -4.22. The fourth-order valence-electron chi connectivity index (χ4n) is 2.47. The second-order valence-electron chi connectivity index (χ2n) is 5.10. The molecule has 0 radical (unpaired) electrons. The lowest BCUT2D eigenvalue weighted by atomic mass is 10.2. The molecule has 122 valence electrons. The molecule has 1 aromatic heterocycles. The van der Waals surface area contributed by atoms with E-state index in [1.54, 1.807) is 17.0 Å². The summed E-state index contributed by atoms with van der Waals surface area (Å²) in [5.41, 5.74) is 0.328. The molecule has 8 heteroatoms. The number of hydrogen-bond acceptors (Lipinski definition) is 4. The monoisotopic (exact) mass is 317 g/mol. The third-order valence-corrected chi connectivity index (χ3v) is 3.47. The van der Waals surface area contributed by atoms with Crippen molar-refractivity contribution in [2.24, 2.45) is 0 Å². The summed E-state index contributed by atoms with van der Waals surface area (Å²) in [5, 5.41) is 0. The number of ether oxygens (including phenoxy) is 1. The highest BCUT2D eigenvalue weighted by atomic mass is 19.4. The molecule has 0 spiro atoms. The summed E-state index contributed by atoms with van der Waals surface area (Å²) < 4.78 is 42.4. The van der Waals surface area contributed by atoms with E-state index in [1.165, 1.54) is 18.2 Å². The van der Waals surface area contributed by atoms with Crippen LogP contribution in [0, 0.1) is 0 Å². The van der Waals surface area contributed by atoms with Crippen LogP contribution in [0.2, 0.25) is 0 Å². The number of aromatic nitrogens is 1. The van der Waals surface area contributed by atoms with E-state index in [2.05, 4.69) is 4.98 Å². The number of methoxy groups -OCH3 is 1. The van der Waals surface area contributed by atoms with Crippen molar-refractivity contribution in [2.45, 2.75) is 12.6 Å². The second-order valence-corrected chi connectivity index (χ2v) is 5.10. The third-order valence-electron chi connectivity index (χ3n) is 3.47. The molecule has 5 nitrogen and oxygen atoms in total. The van der Waals surface area contributed by atoms with Gasteiger partial charge < -0.3 is 9.64 Å². The van der Waals surface area contributed by atoms with Crippen LogP contribution >= 0.6 is 0 Å². The van der Waals surface area contributed by atoms with Crippen LogP contribution in [0.25, 0.3) is 0 Å². The molecule has 1 fully saturated rings. The van der Waals surface area contributed by atoms with Gasteiger partial charge in [-0.2, -0.15) is 13.2 Å². The Morgan fingerprint density at radius 3 is 2.77 bits per heavy atom. The molecule has 0 N–H and O–H groups in total. The number of carbonyl (C=O) groups is 1. The van der Waals surface area contributed by atoms with E-state index >= 15 is 0 Å². The van der Waals surface area contributed by atoms with Gasteiger partial charge in [-0.25, -0.2) is 4.98 Å². The zero-order valence-corrected chi connectivity index (χ0v) is 12.3. The fourth-order valence-corrected chi connectivity index (χ4v) is 2.47. The molecule has 0 unspecified atom stereocenters. The maximum Gasteiger partial charge on any atom is 0.401 e. The van der Waals surface area contributed by atoms with E-state index in [0.29, 0.717) is 25.1 Å². The maximum atomic E-state index is 12.5. The quantitative estimate of drug-likeness (QED) is 0.853. The molecule has 1 aromatic rings. The maximum absolute atomic E-state index is 12.5. The van der Waals surface area contributed by atoms with Gasteiger partial charge in [-0.05, 0) is 18.6 Å². The van der Waals surface area contributed by atoms with Crippen molar-refractivity contribution in [3.63, 3.8) is 0 Å². The van der Waals surface area contributed by atoms with E-state index in [9.17, 15) is 18.0 Å². The predicted octanol–water partition coefficient (Wildman–Crippen LogP) is 1.80. The molecule has 0 aliphatic carbocycles. The summed E-state index contributed by atoms with van der Waals surface area (Å²) in [6.07, 6.45) is -2.20. The van der Waals surface area contributed by atoms with Gasteiger partial charge >= 0.3 is 6.18 Å². The number of hydrogen-bond donors (Lipinski definition) is 0. The van der Waals surface area contributed by atoms with Crippen molar-refractivity contribution in [3.05, 3.63) is 23.9 Å². The number of rotatable bonds is 3. The molecule has 2 rings (SSSR count). The number of alkyl halides is 3. The highest BCUT2D eigenvalue weighted by molar-refractivity contribution is 5.96. The highest BCUT2D eigenvalue weighted by Gasteiger charge is 2.32. The summed E-state index contributed by atoms with van der Waals surface area (Å²) in [6, 6.07) is 3.23. The van der Waals surface area contributed by atoms with E-state index in [0.717, 1.165) is 0 Å². The molecule has 2 heterocycles. The van der Waals surface area contributed by atoms with Crippen molar-refractivity contribution in [2.75, 3.05) is 39.8 Å². The number of halogens is 3. The third kappa shape index (κ3) is 4.33. The average Bonchev–Trinajstić information content (AvgIpc) is 2.70. The largest absolute Gasteiger partial charge is 0.480 e.